The van der Waals surface area contributed by atoms with Crippen LogP contribution in [0.1, 0.15) is 37.7 Å². The van der Waals surface area contributed by atoms with Crippen molar-refractivity contribution < 1.29 is 23.8 Å². The minimum atomic E-state index is -0.425. The van der Waals surface area contributed by atoms with Gasteiger partial charge in [-0.1, -0.05) is 6.07 Å². The maximum Gasteiger partial charge on any atom is 0.330 e. The molecule has 5 heteroatoms. The standard InChI is InChI=1S/C22H26O5/c1-25-19-12-13(4-6-20(23)26-2)3-5-18(19)27-22(24)21-16-8-14-7-15(10-16)11-17(21)9-14/h3-6,12,14-17,21H,7-11H2,1-2H3/b6-4+. The lowest BCUT2D eigenvalue weighted by atomic mass is 9.52. The van der Waals surface area contributed by atoms with Crippen LogP contribution in [0.25, 0.3) is 6.08 Å². The number of rotatable bonds is 5. The topological polar surface area (TPSA) is 61.8 Å². The predicted molar refractivity (Wildman–Crippen MR) is 100 cm³/mol. The molecule has 4 fully saturated rings. The number of carbonyl (C=O) groups excluding carboxylic acids is 2. The van der Waals surface area contributed by atoms with Crippen LogP contribution in [-0.2, 0) is 14.3 Å². The van der Waals surface area contributed by atoms with E-state index >= 15 is 0 Å². The van der Waals surface area contributed by atoms with Crippen molar-refractivity contribution in [2.24, 2.45) is 29.6 Å². The van der Waals surface area contributed by atoms with Crippen LogP contribution in [0, 0.1) is 29.6 Å². The summed E-state index contributed by atoms with van der Waals surface area (Å²) in [6, 6.07) is 5.27. The average molecular weight is 370 g/mol. The van der Waals surface area contributed by atoms with Gasteiger partial charge in [-0.3, -0.25) is 4.79 Å². The smallest absolute Gasteiger partial charge is 0.330 e. The Balaban J connectivity index is 1.48. The van der Waals surface area contributed by atoms with Crippen LogP contribution in [0.2, 0.25) is 0 Å². The van der Waals surface area contributed by atoms with Gasteiger partial charge in [0.15, 0.2) is 11.5 Å². The van der Waals surface area contributed by atoms with E-state index in [1.54, 1.807) is 31.4 Å². The first-order chi connectivity index (χ1) is 13.1. The monoisotopic (exact) mass is 370 g/mol. The minimum absolute atomic E-state index is 0.0291. The van der Waals surface area contributed by atoms with Gasteiger partial charge in [0.25, 0.3) is 0 Å². The molecule has 0 aromatic heterocycles. The average Bonchev–Trinajstić information content (AvgIpc) is 2.66. The van der Waals surface area contributed by atoms with E-state index in [1.807, 2.05) is 0 Å². The second kappa shape index (κ2) is 7.37. The molecule has 0 atom stereocenters. The molecule has 1 aromatic carbocycles. The molecular weight excluding hydrogens is 344 g/mol. The zero-order chi connectivity index (χ0) is 19.0. The molecule has 144 valence electrons. The molecule has 0 amide bonds. The second-order valence-corrected chi connectivity index (χ2v) is 8.14. The van der Waals surface area contributed by atoms with E-state index in [0.29, 0.717) is 23.3 Å². The van der Waals surface area contributed by atoms with E-state index in [1.165, 1.54) is 45.3 Å². The van der Waals surface area contributed by atoms with Crippen LogP contribution in [0.4, 0.5) is 0 Å². The first kappa shape index (κ1) is 18.1. The molecule has 5 nitrogen and oxygen atoms in total. The van der Waals surface area contributed by atoms with Crippen LogP contribution in [0.15, 0.2) is 24.3 Å². The minimum Gasteiger partial charge on any atom is -0.493 e. The molecule has 0 radical (unpaired) electrons. The largest absolute Gasteiger partial charge is 0.493 e. The maximum atomic E-state index is 13.0. The Kier molecular flexibility index (Phi) is 4.94. The highest BCUT2D eigenvalue weighted by atomic mass is 16.6. The molecule has 4 saturated carbocycles. The zero-order valence-corrected chi connectivity index (χ0v) is 15.9. The summed E-state index contributed by atoms with van der Waals surface area (Å²) in [4.78, 5) is 24.2. The molecule has 27 heavy (non-hydrogen) atoms. The van der Waals surface area contributed by atoms with Crippen LogP contribution in [0.3, 0.4) is 0 Å². The Morgan fingerprint density at radius 1 is 0.963 bits per heavy atom. The Hall–Kier alpha value is -2.30. The number of hydrogen-bond donors (Lipinski definition) is 0. The summed E-state index contributed by atoms with van der Waals surface area (Å²) in [6.45, 7) is 0. The molecule has 0 saturated heterocycles. The van der Waals surface area contributed by atoms with Gasteiger partial charge in [0, 0.05) is 6.08 Å². The normalized spacial score (nSPS) is 31.1. The van der Waals surface area contributed by atoms with Gasteiger partial charge >= 0.3 is 11.9 Å². The van der Waals surface area contributed by atoms with E-state index in [-0.39, 0.29) is 11.9 Å². The van der Waals surface area contributed by atoms with Gasteiger partial charge in [-0.2, -0.15) is 0 Å². The van der Waals surface area contributed by atoms with Crippen LogP contribution < -0.4 is 9.47 Å². The van der Waals surface area contributed by atoms with Crippen LogP contribution in [0.5, 0.6) is 11.5 Å². The Morgan fingerprint density at radius 2 is 1.63 bits per heavy atom. The fraction of sp³-hybridized carbons (Fsp3) is 0.545. The molecule has 0 unspecified atom stereocenters. The van der Waals surface area contributed by atoms with Gasteiger partial charge < -0.3 is 14.2 Å². The summed E-state index contributed by atoms with van der Waals surface area (Å²) in [5, 5.41) is 0. The van der Waals surface area contributed by atoms with Crippen molar-refractivity contribution in [2.75, 3.05) is 14.2 Å². The number of esters is 2. The molecular formula is C22H26O5. The highest BCUT2D eigenvalue weighted by molar-refractivity contribution is 5.87. The van der Waals surface area contributed by atoms with E-state index in [4.69, 9.17) is 9.47 Å². The number of benzene rings is 1. The summed E-state index contributed by atoms with van der Waals surface area (Å²) in [7, 11) is 2.88. The Morgan fingerprint density at radius 3 is 2.22 bits per heavy atom. The summed E-state index contributed by atoms with van der Waals surface area (Å²) in [5.74, 6) is 3.04. The lowest BCUT2D eigenvalue weighted by Crippen LogP contribution is -2.49. The number of methoxy groups -OCH3 is 2. The summed E-state index contributed by atoms with van der Waals surface area (Å²) in [6.07, 6.45) is 9.07. The van der Waals surface area contributed by atoms with Crippen LogP contribution in [-0.4, -0.2) is 26.2 Å². The van der Waals surface area contributed by atoms with Gasteiger partial charge in [-0.05, 0) is 79.5 Å². The second-order valence-electron chi connectivity index (χ2n) is 8.14. The molecule has 1 aromatic rings. The third-order valence-electron chi connectivity index (χ3n) is 6.51. The zero-order valence-electron chi connectivity index (χ0n) is 15.9. The molecule has 0 heterocycles. The summed E-state index contributed by atoms with van der Waals surface area (Å²) >= 11 is 0. The number of hydrogen-bond acceptors (Lipinski definition) is 5. The maximum absolute atomic E-state index is 13.0. The van der Waals surface area contributed by atoms with Gasteiger partial charge in [-0.25, -0.2) is 4.79 Å². The van der Waals surface area contributed by atoms with Crippen molar-refractivity contribution in [2.45, 2.75) is 32.1 Å². The highest BCUT2D eigenvalue weighted by Gasteiger charge is 2.51. The molecule has 5 rings (SSSR count). The van der Waals surface area contributed by atoms with Gasteiger partial charge in [0.2, 0.25) is 0 Å². The fourth-order valence-electron chi connectivity index (χ4n) is 5.59. The predicted octanol–water partition coefficient (Wildman–Crippen LogP) is 3.86. The van der Waals surface area contributed by atoms with Gasteiger partial charge in [0.05, 0.1) is 20.1 Å². The quantitative estimate of drug-likeness (QED) is 0.447. The molecule has 0 N–H and O–H groups in total. The molecule has 0 spiro atoms. The third kappa shape index (κ3) is 3.60. The molecule has 0 aliphatic heterocycles. The fourth-order valence-corrected chi connectivity index (χ4v) is 5.59. The van der Waals surface area contributed by atoms with Crippen molar-refractivity contribution >= 4 is 18.0 Å². The number of ether oxygens (including phenoxy) is 3. The van der Waals surface area contributed by atoms with E-state index in [2.05, 4.69) is 4.74 Å². The van der Waals surface area contributed by atoms with Gasteiger partial charge in [-0.15, -0.1) is 0 Å². The van der Waals surface area contributed by atoms with Crippen molar-refractivity contribution in [3.8, 4) is 11.5 Å². The SMILES string of the molecule is COC(=O)/C=C/c1ccc(OC(=O)C2C3CC4CC(C3)CC2C4)c(OC)c1. The first-order valence-electron chi connectivity index (χ1n) is 9.73. The summed E-state index contributed by atoms with van der Waals surface area (Å²) < 4.78 is 15.8. The highest BCUT2D eigenvalue weighted by Crippen LogP contribution is 2.56. The Bertz CT molecular complexity index is 738. The Labute approximate surface area is 159 Å². The van der Waals surface area contributed by atoms with Crippen molar-refractivity contribution in [3.05, 3.63) is 29.8 Å². The molecule has 4 bridgehead atoms. The van der Waals surface area contributed by atoms with Gasteiger partial charge in [0.1, 0.15) is 0 Å². The van der Waals surface area contributed by atoms with E-state index in [9.17, 15) is 9.59 Å². The summed E-state index contributed by atoms with van der Waals surface area (Å²) in [5.41, 5.74) is 0.770. The van der Waals surface area contributed by atoms with Crippen molar-refractivity contribution in [1.82, 2.24) is 0 Å². The molecule has 4 aliphatic rings. The van der Waals surface area contributed by atoms with E-state index in [0.717, 1.165) is 17.4 Å². The lowest BCUT2D eigenvalue weighted by molar-refractivity contribution is -0.152. The third-order valence-corrected chi connectivity index (χ3v) is 6.51. The molecule has 4 aliphatic carbocycles. The van der Waals surface area contributed by atoms with Crippen molar-refractivity contribution in [3.63, 3.8) is 0 Å². The first-order valence-corrected chi connectivity index (χ1v) is 9.73. The number of carbonyl (C=O) groups is 2. The van der Waals surface area contributed by atoms with Crippen molar-refractivity contribution in [1.29, 1.82) is 0 Å². The van der Waals surface area contributed by atoms with Crippen LogP contribution >= 0.6 is 0 Å². The van der Waals surface area contributed by atoms with E-state index < -0.39 is 5.97 Å². The lowest BCUT2D eigenvalue weighted by Gasteiger charge is -2.53.